The summed E-state index contributed by atoms with van der Waals surface area (Å²) < 4.78 is 2.64. The van der Waals surface area contributed by atoms with E-state index in [1.165, 1.54) is 63.6 Å². The lowest BCUT2D eigenvalue weighted by Gasteiger charge is -2.16. The third-order valence-electron chi connectivity index (χ3n) is 9.68. The monoisotopic (exact) mass is 640 g/mol. The van der Waals surface area contributed by atoms with Crippen LogP contribution in [0.4, 0.5) is 0 Å². The van der Waals surface area contributed by atoms with E-state index >= 15 is 0 Å². The first kappa shape index (κ1) is 27.9. The van der Waals surface area contributed by atoms with Crippen molar-refractivity contribution in [1.82, 2.24) is 9.97 Å². The van der Waals surface area contributed by atoms with Crippen molar-refractivity contribution in [2.45, 2.75) is 0 Å². The average molecular weight is 641 g/mol. The van der Waals surface area contributed by atoms with Crippen LogP contribution < -0.4 is 0 Å². The number of fused-ring (bicyclic) bond motifs is 9. The molecule has 10 aromatic rings. The summed E-state index contributed by atoms with van der Waals surface area (Å²) >= 11 is 1.86. The zero-order valence-corrected chi connectivity index (χ0v) is 27.3. The lowest BCUT2D eigenvalue weighted by molar-refractivity contribution is 1.19. The fourth-order valence-electron chi connectivity index (χ4n) is 7.36. The van der Waals surface area contributed by atoms with Crippen LogP contribution in [0.3, 0.4) is 0 Å². The molecule has 0 amide bonds. The van der Waals surface area contributed by atoms with E-state index in [1.54, 1.807) is 0 Å². The Labute approximate surface area is 287 Å². The van der Waals surface area contributed by atoms with Crippen LogP contribution in [0.2, 0.25) is 0 Å². The molecule has 0 unspecified atom stereocenters. The van der Waals surface area contributed by atoms with E-state index in [0.29, 0.717) is 0 Å². The number of nitrogens with zero attached hydrogens (tertiary/aromatic N) is 2. The number of hydrogen-bond acceptors (Lipinski definition) is 3. The third-order valence-corrected chi connectivity index (χ3v) is 10.8. The lowest BCUT2D eigenvalue weighted by Crippen LogP contribution is -1.97. The number of hydrogen-bond donors (Lipinski definition) is 0. The molecule has 49 heavy (non-hydrogen) atoms. The van der Waals surface area contributed by atoms with Crippen LogP contribution in [-0.4, -0.2) is 9.97 Å². The van der Waals surface area contributed by atoms with Gasteiger partial charge in [-0.05, 0) is 62.3 Å². The molecule has 0 fully saturated rings. The molecular formula is C46H28N2S. The summed E-state index contributed by atoms with van der Waals surface area (Å²) in [5.41, 5.74) is 7.42. The van der Waals surface area contributed by atoms with Gasteiger partial charge < -0.3 is 0 Å². The van der Waals surface area contributed by atoms with Crippen molar-refractivity contribution in [1.29, 1.82) is 0 Å². The first-order chi connectivity index (χ1) is 24.3. The second-order valence-electron chi connectivity index (χ2n) is 12.5. The molecule has 0 N–H and O–H groups in total. The molecule has 0 saturated heterocycles. The molecule has 3 heteroatoms. The van der Waals surface area contributed by atoms with Crippen molar-refractivity contribution in [3.8, 4) is 45.0 Å². The molecule has 0 radical (unpaired) electrons. The highest BCUT2D eigenvalue weighted by molar-refractivity contribution is 7.25. The van der Waals surface area contributed by atoms with E-state index in [9.17, 15) is 0 Å². The molecule has 0 aliphatic rings. The Balaban J connectivity index is 1.23. The van der Waals surface area contributed by atoms with Gasteiger partial charge in [0, 0.05) is 42.2 Å². The van der Waals surface area contributed by atoms with Crippen molar-refractivity contribution in [2.75, 3.05) is 0 Å². The number of thiophene rings is 1. The third kappa shape index (κ3) is 4.62. The molecule has 0 atom stereocenters. The molecule has 0 bridgehead atoms. The molecule has 0 spiro atoms. The summed E-state index contributed by atoms with van der Waals surface area (Å²) in [4.78, 5) is 10.5. The predicted molar refractivity (Wildman–Crippen MR) is 209 cm³/mol. The van der Waals surface area contributed by atoms with Gasteiger partial charge in [-0.1, -0.05) is 146 Å². The standard InChI is InChI=1S/C46H28N2S/c1-3-12-29(13-4-1)41-28-42(30-14-5-2-6-15-30)48-46(47-41)39-20-11-19-37-33-16-7-8-17-34(33)40-26-31(23-25-38(40)45(37)39)32-22-24-36-35-18-9-10-21-43(35)49-44(36)27-32/h1-28H. The summed E-state index contributed by atoms with van der Waals surface area (Å²) in [6.45, 7) is 0. The van der Waals surface area contributed by atoms with Crippen molar-refractivity contribution < 1.29 is 0 Å². The summed E-state index contributed by atoms with van der Waals surface area (Å²) in [6.07, 6.45) is 0. The van der Waals surface area contributed by atoms with E-state index in [2.05, 4.69) is 158 Å². The smallest absolute Gasteiger partial charge is 0.161 e. The van der Waals surface area contributed by atoms with Gasteiger partial charge in [0.25, 0.3) is 0 Å². The first-order valence-corrected chi connectivity index (χ1v) is 17.4. The predicted octanol–water partition coefficient (Wildman–Crippen LogP) is 13.0. The van der Waals surface area contributed by atoms with E-state index in [4.69, 9.17) is 9.97 Å². The molecular weight excluding hydrogens is 613 g/mol. The Morgan fingerprint density at radius 1 is 0.327 bits per heavy atom. The number of benzene rings is 8. The fraction of sp³-hybridized carbons (Fsp3) is 0. The molecule has 8 aromatic carbocycles. The Morgan fingerprint density at radius 2 is 0.857 bits per heavy atom. The van der Waals surface area contributed by atoms with Crippen molar-refractivity contribution in [3.05, 3.63) is 170 Å². The molecule has 2 aromatic heterocycles. The van der Waals surface area contributed by atoms with Gasteiger partial charge in [-0.15, -0.1) is 11.3 Å². The van der Waals surface area contributed by atoms with Gasteiger partial charge in [0.1, 0.15) is 0 Å². The van der Waals surface area contributed by atoms with E-state index in [1.807, 2.05) is 23.5 Å². The van der Waals surface area contributed by atoms with Gasteiger partial charge >= 0.3 is 0 Å². The van der Waals surface area contributed by atoms with Gasteiger partial charge in [0.2, 0.25) is 0 Å². The van der Waals surface area contributed by atoms with Gasteiger partial charge in [0.15, 0.2) is 5.82 Å². The number of aromatic nitrogens is 2. The van der Waals surface area contributed by atoms with Crippen LogP contribution in [0.25, 0.3) is 97.5 Å². The second-order valence-corrected chi connectivity index (χ2v) is 13.6. The maximum absolute atomic E-state index is 5.24. The molecule has 0 aliphatic heterocycles. The highest BCUT2D eigenvalue weighted by Gasteiger charge is 2.17. The maximum Gasteiger partial charge on any atom is 0.161 e. The minimum Gasteiger partial charge on any atom is -0.228 e. The van der Waals surface area contributed by atoms with Gasteiger partial charge in [0.05, 0.1) is 11.4 Å². The van der Waals surface area contributed by atoms with Crippen LogP contribution in [0.5, 0.6) is 0 Å². The number of rotatable bonds is 4. The molecule has 2 nitrogen and oxygen atoms in total. The van der Waals surface area contributed by atoms with Gasteiger partial charge in [-0.3, -0.25) is 0 Å². The Bertz CT molecular complexity index is 2810. The lowest BCUT2D eigenvalue weighted by atomic mass is 9.89. The Kier molecular flexibility index (Phi) is 6.39. The van der Waals surface area contributed by atoms with E-state index < -0.39 is 0 Å². The van der Waals surface area contributed by atoms with Crippen LogP contribution in [-0.2, 0) is 0 Å². The normalized spacial score (nSPS) is 11.7. The van der Waals surface area contributed by atoms with Gasteiger partial charge in [-0.2, -0.15) is 0 Å². The summed E-state index contributed by atoms with van der Waals surface area (Å²) in [5.74, 6) is 0.724. The topological polar surface area (TPSA) is 25.8 Å². The van der Waals surface area contributed by atoms with Crippen LogP contribution in [0.15, 0.2) is 170 Å². The second kappa shape index (κ2) is 11.2. The average Bonchev–Trinajstić information content (AvgIpc) is 3.56. The highest BCUT2D eigenvalue weighted by atomic mass is 32.1. The Morgan fingerprint density at radius 3 is 1.57 bits per heavy atom. The van der Waals surface area contributed by atoms with Crippen LogP contribution in [0, 0.1) is 0 Å². The molecule has 0 aliphatic carbocycles. The van der Waals surface area contributed by atoms with Crippen LogP contribution >= 0.6 is 11.3 Å². The highest BCUT2D eigenvalue weighted by Crippen LogP contribution is 2.42. The van der Waals surface area contributed by atoms with Crippen molar-refractivity contribution >= 4 is 63.8 Å². The van der Waals surface area contributed by atoms with Crippen LogP contribution in [0.1, 0.15) is 0 Å². The van der Waals surface area contributed by atoms with E-state index in [-0.39, 0.29) is 0 Å². The molecule has 228 valence electrons. The van der Waals surface area contributed by atoms with Crippen molar-refractivity contribution in [3.63, 3.8) is 0 Å². The quantitative estimate of drug-likeness (QED) is 0.179. The molecule has 2 heterocycles. The van der Waals surface area contributed by atoms with Gasteiger partial charge in [-0.25, -0.2) is 9.97 Å². The zero-order valence-electron chi connectivity index (χ0n) is 26.5. The first-order valence-electron chi connectivity index (χ1n) is 16.6. The van der Waals surface area contributed by atoms with Crippen molar-refractivity contribution in [2.24, 2.45) is 0 Å². The minimum atomic E-state index is 0.724. The molecule has 0 saturated carbocycles. The Hall–Kier alpha value is -6.16. The fourth-order valence-corrected chi connectivity index (χ4v) is 8.50. The minimum absolute atomic E-state index is 0.724. The summed E-state index contributed by atoms with van der Waals surface area (Å²) in [6, 6.07) is 60.8. The summed E-state index contributed by atoms with van der Waals surface area (Å²) in [7, 11) is 0. The zero-order chi connectivity index (χ0) is 32.3. The maximum atomic E-state index is 5.24. The SMILES string of the molecule is c1ccc(-c2cc(-c3ccccc3)nc(-c3cccc4c5ccccc5c5cc(-c6ccc7c(c6)sc6ccccc67)ccc5c34)n2)cc1. The summed E-state index contributed by atoms with van der Waals surface area (Å²) in [5, 5.41) is 9.92. The largest absolute Gasteiger partial charge is 0.228 e. The van der Waals surface area contributed by atoms with E-state index in [0.717, 1.165) is 33.9 Å². The molecule has 10 rings (SSSR count).